The van der Waals surface area contributed by atoms with Crippen LogP contribution in [0, 0.1) is 5.82 Å². The smallest absolute Gasteiger partial charge is 0.185 e. The van der Waals surface area contributed by atoms with E-state index in [0.717, 1.165) is 5.56 Å². The Labute approximate surface area is 121 Å². The van der Waals surface area contributed by atoms with E-state index in [-0.39, 0.29) is 10.8 Å². The predicted molar refractivity (Wildman–Crippen MR) is 77.8 cm³/mol. The molecule has 0 aromatic heterocycles. The van der Waals surface area contributed by atoms with Crippen LogP contribution < -0.4 is 4.74 Å². The lowest BCUT2D eigenvalue weighted by atomic mass is 10.1. The zero-order valence-corrected chi connectivity index (χ0v) is 11.5. The van der Waals surface area contributed by atoms with Crippen LogP contribution in [0.4, 0.5) is 4.39 Å². The van der Waals surface area contributed by atoms with Crippen molar-refractivity contribution in [2.75, 3.05) is 7.11 Å². The first-order valence-electron chi connectivity index (χ1n) is 5.91. The molecule has 102 valence electrons. The van der Waals surface area contributed by atoms with Crippen molar-refractivity contribution < 1.29 is 13.9 Å². The van der Waals surface area contributed by atoms with Gasteiger partial charge in [-0.1, -0.05) is 29.8 Å². The van der Waals surface area contributed by atoms with Gasteiger partial charge in [0.15, 0.2) is 5.78 Å². The Morgan fingerprint density at radius 2 is 2.05 bits per heavy atom. The van der Waals surface area contributed by atoms with E-state index in [1.54, 1.807) is 19.3 Å². The molecule has 2 rings (SSSR count). The molecule has 2 aromatic rings. The SMILES string of the molecule is COc1cccc(/C=C/C(=O)c2ccc(F)c(Cl)c2)c1. The first kappa shape index (κ1) is 14.3. The van der Waals surface area contributed by atoms with Crippen LogP contribution in [0.25, 0.3) is 6.08 Å². The van der Waals surface area contributed by atoms with Crippen molar-refractivity contribution in [1.82, 2.24) is 0 Å². The zero-order valence-electron chi connectivity index (χ0n) is 10.8. The number of carbonyl (C=O) groups is 1. The van der Waals surface area contributed by atoms with Gasteiger partial charge < -0.3 is 4.74 Å². The lowest BCUT2D eigenvalue weighted by Gasteiger charge is -2.00. The van der Waals surface area contributed by atoms with Gasteiger partial charge in [0.25, 0.3) is 0 Å². The molecule has 0 unspecified atom stereocenters. The summed E-state index contributed by atoms with van der Waals surface area (Å²) in [6, 6.07) is 11.2. The molecule has 20 heavy (non-hydrogen) atoms. The van der Waals surface area contributed by atoms with Crippen LogP contribution in [0.2, 0.25) is 5.02 Å². The molecule has 2 nitrogen and oxygen atoms in total. The van der Waals surface area contributed by atoms with Crippen LogP contribution in [0.1, 0.15) is 15.9 Å². The minimum Gasteiger partial charge on any atom is -0.497 e. The van der Waals surface area contributed by atoms with Gasteiger partial charge in [-0.2, -0.15) is 0 Å². The topological polar surface area (TPSA) is 26.3 Å². The highest BCUT2D eigenvalue weighted by molar-refractivity contribution is 6.31. The number of methoxy groups -OCH3 is 1. The molecule has 0 aliphatic heterocycles. The summed E-state index contributed by atoms with van der Waals surface area (Å²) in [6.45, 7) is 0. The quantitative estimate of drug-likeness (QED) is 0.617. The van der Waals surface area contributed by atoms with Crippen LogP contribution >= 0.6 is 11.6 Å². The van der Waals surface area contributed by atoms with E-state index in [1.807, 2.05) is 18.2 Å². The van der Waals surface area contributed by atoms with E-state index in [4.69, 9.17) is 16.3 Å². The molecule has 0 aliphatic rings. The Balaban J connectivity index is 2.17. The monoisotopic (exact) mass is 290 g/mol. The van der Waals surface area contributed by atoms with Crippen LogP contribution in [-0.2, 0) is 0 Å². The molecule has 4 heteroatoms. The molecule has 2 aromatic carbocycles. The average Bonchev–Trinajstić information content (AvgIpc) is 2.47. The molecular formula is C16H12ClFO2. The average molecular weight is 291 g/mol. The lowest BCUT2D eigenvalue weighted by molar-refractivity contribution is 0.104. The number of benzene rings is 2. The van der Waals surface area contributed by atoms with Gasteiger partial charge in [0, 0.05) is 5.56 Å². The summed E-state index contributed by atoms with van der Waals surface area (Å²) < 4.78 is 18.1. The summed E-state index contributed by atoms with van der Waals surface area (Å²) in [5.74, 6) is -0.0702. The number of allylic oxidation sites excluding steroid dienone is 1. The highest BCUT2D eigenvalue weighted by atomic mass is 35.5. The van der Waals surface area contributed by atoms with Crippen LogP contribution in [0.15, 0.2) is 48.5 Å². The highest BCUT2D eigenvalue weighted by Crippen LogP contribution is 2.18. The Hall–Kier alpha value is -2.13. The maximum atomic E-state index is 13.0. The second kappa shape index (κ2) is 6.35. The maximum Gasteiger partial charge on any atom is 0.185 e. The third kappa shape index (κ3) is 3.45. The summed E-state index contributed by atoms with van der Waals surface area (Å²) in [6.07, 6.45) is 3.08. The summed E-state index contributed by atoms with van der Waals surface area (Å²) in [7, 11) is 1.58. The zero-order chi connectivity index (χ0) is 14.5. The van der Waals surface area contributed by atoms with Gasteiger partial charge in [0.1, 0.15) is 11.6 Å². The molecule has 0 N–H and O–H groups in total. The van der Waals surface area contributed by atoms with Crippen molar-refractivity contribution in [2.45, 2.75) is 0 Å². The molecule has 0 spiro atoms. The summed E-state index contributed by atoms with van der Waals surface area (Å²) in [4.78, 5) is 11.9. The summed E-state index contributed by atoms with van der Waals surface area (Å²) in [5, 5.41) is -0.0642. The van der Waals surface area contributed by atoms with Crippen LogP contribution in [0.3, 0.4) is 0 Å². The van der Waals surface area contributed by atoms with E-state index in [2.05, 4.69) is 0 Å². The number of rotatable bonds is 4. The molecule has 0 saturated heterocycles. The fourth-order valence-electron chi connectivity index (χ4n) is 1.66. The van der Waals surface area contributed by atoms with Crippen LogP contribution in [0.5, 0.6) is 5.75 Å². The highest BCUT2D eigenvalue weighted by Gasteiger charge is 2.05. The predicted octanol–water partition coefficient (Wildman–Crippen LogP) is 4.38. The first-order valence-corrected chi connectivity index (χ1v) is 6.29. The molecule has 0 aliphatic carbocycles. The molecule has 0 heterocycles. The fraction of sp³-hybridized carbons (Fsp3) is 0.0625. The number of hydrogen-bond acceptors (Lipinski definition) is 2. The third-order valence-electron chi connectivity index (χ3n) is 2.73. The van der Waals surface area contributed by atoms with E-state index >= 15 is 0 Å². The van der Waals surface area contributed by atoms with Crippen molar-refractivity contribution in [1.29, 1.82) is 0 Å². The molecular weight excluding hydrogens is 279 g/mol. The third-order valence-corrected chi connectivity index (χ3v) is 3.01. The Morgan fingerprint density at radius 1 is 1.25 bits per heavy atom. The van der Waals surface area contributed by atoms with Gasteiger partial charge in [0.2, 0.25) is 0 Å². The Morgan fingerprint density at radius 3 is 2.75 bits per heavy atom. The van der Waals surface area contributed by atoms with E-state index in [1.165, 1.54) is 24.3 Å². The Kier molecular flexibility index (Phi) is 4.53. The normalized spacial score (nSPS) is 10.8. The van der Waals surface area contributed by atoms with Crippen molar-refractivity contribution in [2.24, 2.45) is 0 Å². The molecule has 0 saturated carbocycles. The second-order valence-electron chi connectivity index (χ2n) is 4.10. The van der Waals surface area contributed by atoms with Crippen molar-refractivity contribution in [3.05, 3.63) is 70.5 Å². The fourth-order valence-corrected chi connectivity index (χ4v) is 1.84. The van der Waals surface area contributed by atoms with Gasteiger partial charge in [-0.25, -0.2) is 4.39 Å². The number of ether oxygens (including phenoxy) is 1. The van der Waals surface area contributed by atoms with Gasteiger partial charge in [0.05, 0.1) is 12.1 Å². The van der Waals surface area contributed by atoms with E-state index in [9.17, 15) is 9.18 Å². The summed E-state index contributed by atoms with van der Waals surface area (Å²) >= 11 is 5.65. The first-order chi connectivity index (χ1) is 9.60. The van der Waals surface area contributed by atoms with Gasteiger partial charge >= 0.3 is 0 Å². The van der Waals surface area contributed by atoms with Gasteiger partial charge in [-0.3, -0.25) is 4.79 Å². The van der Waals surface area contributed by atoms with Crippen molar-refractivity contribution in [3.63, 3.8) is 0 Å². The van der Waals surface area contributed by atoms with E-state index < -0.39 is 5.82 Å². The number of carbonyl (C=O) groups excluding carboxylic acids is 1. The summed E-state index contributed by atoms with van der Waals surface area (Å²) in [5.41, 5.74) is 1.18. The molecule has 0 atom stereocenters. The van der Waals surface area contributed by atoms with Crippen molar-refractivity contribution >= 4 is 23.5 Å². The molecule has 0 radical (unpaired) electrons. The molecule has 0 amide bonds. The largest absolute Gasteiger partial charge is 0.497 e. The van der Waals surface area contributed by atoms with Crippen molar-refractivity contribution in [3.8, 4) is 5.75 Å². The number of halogens is 2. The van der Waals surface area contributed by atoms with Crippen LogP contribution in [-0.4, -0.2) is 12.9 Å². The lowest BCUT2D eigenvalue weighted by Crippen LogP contribution is -1.94. The van der Waals surface area contributed by atoms with Gasteiger partial charge in [-0.15, -0.1) is 0 Å². The molecule has 0 fully saturated rings. The minimum atomic E-state index is -0.542. The van der Waals surface area contributed by atoms with E-state index in [0.29, 0.717) is 11.3 Å². The maximum absolute atomic E-state index is 13.0. The Bertz CT molecular complexity index is 665. The van der Waals surface area contributed by atoms with Gasteiger partial charge in [-0.05, 0) is 42.0 Å². The second-order valence-corrected chi connectivity index (χ2v) is 4.51. The molecule has 0 bridgehead atoms. The number of ketones is 1. The minimum absolute atomic E-state index is 0.0642. The standard InChI is InChI=1S/C16H12ClFO2/c1-20-13-4-2-3-11(9-13)5-8-16(19)12-6-7-15(18)14(17)10-12/h2-10H,1H3/b8-5+. The number of hydrogen-bond donors (Lipinski definition) is 0.